The fourth-order valence-electron chi connectivity index (χ4n) is 3.94. The van der Waals surface area contributed by atoms with Crippen molar-refractivity contribution in [3.8, 4) is 17.2 Å². The fraction of sp³-hybridized carbons (Fsp3) is 0.345. The average molecular weight is 529 g/mol. The Morgan fingerprint density at radius 1 is 0.895 bits per heavy atom. The van der Waals surface area contributed by atoms with Gasteiger partial charge in [0.05, 0.1) is 14.2 Å². The molecule has 38 heavy (non-hydrogen) atoms. The molecule has 0 aliphatic rings. The molecule has 2 atom stereocenters. The van der Waals surface area contributed by atoms with Crippen LogP contribution in [0.1, 0.15) is 23.6 Å². The van der Waals surface area contributed by atoms with Gasteiger partial charge in [-0.15, -0.1) is 0 Å². The molecule has 3 aromatic carbocycles. The molecule has 7 nitrogen and oxygen atoms in total. The zero-order valence-corrected chi connectivity index (χ0v) is 21.8. The van der Waals surface area contributed by atoms with Crippen LogP contribution in [0.3, 0.4) is 0 Å². The van der Waals surface area contributed by atoms with Crippen LogP contribution in [0.4, 0.5) is 8.78 Å². The maximum Gasteiger partial charge on any atom is 0.344 e. The molecule has 3 N–H and O–H groups in total. The van der Waals surface area contributed by atoms with Gasteiger partial charge < -0.3 is 30.0 Å². The standard InChI is InChI=1S/C29H34F2N2O5/c1-4-19-6-5-7-20(8-19)16-33-17-28(27(32)11-21-9-22(30)12-23(31)10-21)38-29(34)18-37-26-14-24(35-2)13-25(15-26)36-3/h5-10,12-15,27-28,33H,4,11,16-18,32H2,1-3H3/t27-,28+/m0/s1. The number of carbonyl (C=O) groups excluding carboxylic acids is 1. The highest BCUT2D eigenvalue weighted by molar-refractivity contribution is 5.71. The lowest BCUT2D eigenvalue weighted by atomic mass is 10.0. The van der Waals surface area contributed by atoms with Crippen molar-refractivity contribution in [2.45, 2.75) is 38.5 Å². The number of hydrogen-bond donors (Lipinski definition) is 2. The van der Waals surface area contributed by atoms with E-state index in [-0.39, 0.29) is 19.6 Å². The summed E-state index contributed by atoms with van der Waals surface area (Å²) in [5.41, 5.74) is 9.02. The zero-order valence-electron chi connectivity index (χ0n) is 21.8. The third-order valence-electron chi connectivity index (χ3n) is 5.91. The Kier molecular flexibility index (Phi) is 10.9. The maximum atomic E-state index is 13.7. The van der Waals surface area contributed by atoms with Crippen LogP contribution in [0.5, 0.6) is 17.2 Å². The van der Waals surface area contributed by atoms with Gasteiger partial charge in [0.25, 0.3) is 0 Å². The van der Waals surface area contributed by atoms with E-state index in [2.05, 4.69) is 24.4 Å². The second-order valence-corrected chi connectivity index (χ2v) is 8.82. The van der Waals surface area contributed by atoms with Gasteiger partial charge in [-0.05, 0) is 41.7 Å². The van der Waals surface area contributed by atoms with Gasteiger partial charge in [-0.3, -0.25) is 0 Å². The van der Waals surface area contributed by atoms with E-state index in [1.807, 2.05) is 12.1 Å². The van der Waals surface area contributed by atoms with E-state index in [0.29, 0.717) is 29.4 Å². The predicted octanol–water partition coefficient (Wildman–Crippen LogP) is 4.19. The van der Waals surface area contributed by atoms with Gasteiger partial charge in [0.15, 0.2) is 6.61 Å². The van der Waals surface area contributed by atoms with Crippen LogP contribution in [0.25, 0.3) is 0 Å². The first kappa shape index (κ1) is 28.9. The predicted molar refractivity (Wildman–Crippen MR) is 140 cm³/mol. The minimum Gasteiger partial charge on any atom is -0.496 e. The van der Waals surface area contributed by atoms with Crippen LogP contribution >= 0.6 is 0 Å². The highest BCUT2D eigenvalue weighted by Gasteiger charge is 2.23. The summed E-state index contributed by atoms with van der Waals surface area (Å²) >= 11 is 0. The van der Waals surface area contributed by atoms with Gasteiger partial charge in [-0.25, -0.2) is 13.6 Å². The van der Waals surface area contributed by atoms with E-state index < -0.39 is 29.7 Å². The van der Waals surface area contributed by atoms with E-state index in [1.54, 1.807) is 18.2 Å². The molecule has 0 saturated carbocycles. The lowest BCUT2D eigenvalue weighted by molar-refractivity contribution is -0.152. The van der Waals surface area contributed by atoms with Gasteiger partial charge in [0, 0.05) is 43.4 Å². The van der Waals surface area contributed by atoms with Crippen molar-refractivity contribution >= 4 is 5.97 Å². The van der Waals surface area contributed by atoms with Crippen LogP contribution in [0.15, 0.2) is 60.7 Å². The van der Waals surface area contributed by atoms with Crippen LogP contribution in [-0.2, 0) is 28.9 Å². The smallest absolute Gasteiger partial charge is 0.344 e. The molecule has 0 bridgehead atoms. The second-order valence-electron chi connectivity index (χ2n) is 8.82. The maximum absolute atomic E-state index is 13.7. The Hall–Kier alpha value is -3.69. The van der Waals surface area contributed by atoms with E-state index in [0.717, 1.165) is 18.1 Å². The van der Waals surface area contributed by atoms with Crippen molar-refractivity contribution in [3.05, 3.63) is 89.0 Å². The second kappa shape index (κ2) is 14.3. The average Bonchev–Trinajstić information content (AvgIpc) is 2.90. The van der Waals surface area contributed by atoms with Crippen molar-refractivity contribution in [2.24, 2.45) is 5.73 Å². The molecule has 0 aliphatic carbocycles. The van der Waals surface area contributed by atoms with Gasteiger partial charge in [-0.2, -0.15) is 0 Å². The first-order valence-electron chi connectivity index (χ1n) is 12.3. The van der Waals surface area contributed by atoms with Gasteiger partial charge in [0.2, 0.25) is 0 Å². The number of aryl methyl sites for hydroxylation is 1. The topological polar surface area (TPSA) is 92.0 Å². The molecule has 0 spiro atoms. The van der Waals surface area contributed by atoms with Crippen molar-refractivity contribution in [1.29, 1.82) is 0 Å². The number of benzene rings is 3. The van der Waals surface area contributed by atoms with Crippen molar-refractivity contribution in [2.75, 3.05) is 27.4 Å². The SMILES string of the molecule is CCc1cccc(CNC[C@@H](OC(=O)COc2cc(OC)cc(OC)c2)[C@@H](N)Cc2cc(F)cc(F)c2)c1. The quantitative estimate of drug-likeness (QED) is 0.303. The number of carbonyl (C=O) groups is 1. The molecule has 3 rings (SSSR count). The molecule has 0 unspecified atom stereocenters. The Morgan fingerprint density at radius 2 is 1.53 bits per heavy atom. The minimum absolute atomic E-state index is 0.105. The van der Waals surface area contributed by atoms with E-state index in [1.165, 1.54) is 31.9 Å². The summed E-state index contributed by atoms with van der Waals surface area (Å²) in [5.74, 6) is -0.665. The van der Waals surface area contributed by atoms with Crippen LogP contribution in [-0.4, -0.2) is 45.5 Å². The highest BCUT2D eigenvalue weighted by atomic mass is 19.1. The Labute approximate surface area is 221 Å². The largest absolute Gasteiger partial charge is 0.496 e. The van der Waals surface area contributed by atoms with E-state index >= 15 is 0 Å². The van der Waals surface area contributed by atoms with E-state index in [4.69, 9.17) is 24.7 Å². The first-order chi connectivity index (χ1) is 18.3. The molecule has 0 aliphatic heterocycles. The molecule has 9 heteroatoms. The normalized spacial score (nSPS) is 12.5. The third-order valence-corrected chi connectivity index (χ3v) is 5.91. The number of methoxy groups -OCH3 is 2. The molecule has 0 heterocycles. The third kappa shape index (κ3) is 9.00. The zero-order chi connectivity index (χ0) is 27.5. The minimum atomic E-state index is -0.786. The highest BCUT2D eigenvalue weighted by Crippen LogP contribution is 2.27. The number of halogens is 2. The number of ether oxygens (including phenoxy) is 4. The van der Waals surface area contributed by atoms with Crippen molar-refractivity contribution in [3.63, 3.8) is 0 Å². The molecule has 0 fully saturated rings. The van der Waals surface area contributed by atoms with Crippen molar-refractivity contribution < 1.29 is 32.5 Å². The molecular formula is C29H34F2N2O5. The van der Waals surface area contributed by atoms with Crippen molar-refractivity contribution in [1.82, 2.24) is 5.32 Å². The molecule has 0 radical (unpaired) electrons. The van der Waals surface area contributed by atoms with Gasteiger partial charge in [-0.1, -0.05) is 31.2 Å². The number of esters is 1. The number of rotatable bonds is 14. The number of nitrogens with two attached hydrogens (primary N) is 1. The summed E-state index contributed by atoms with van der Waals surface area (Å²) in [5, 5.41) is 3.27. The Balaban J connectivity index is 1.66. The molecular weight excluding hydrogens is 494 g/mol. The van der Waals surface area contributed by atoms with Crippen LogP contribution in [0.2, 0.25) is 0 Å². The van der Waals surface area contributed by atoms with Gasteiger partial charge in [0.1, 0.15) is 35.0 Å². The molecule has 0 aromatic heterocycles. The lowest BCUT2D eigenvalue weighted by Gasteiger charge is -2.25. The summed E-state index contributed by atoms with van der Waals surface area (Å²) in [4.78, 5) is 12.7. The Morgan fingerprint density at radius 3 is 2.16 bits per heavy atom. The molecule has 0 saturated heterocycles. The summed E-state index contributed by atoms with van der Waals surface area (Å²) in [6.07, 6.45) is 0.238. The molecule has 3 aromatic rings. The fourth-order valence-corrected chi connectivity index (χ4v) is 3.94. The monoisotopic (exact) mass is 528 g/mol. The number of hydrogen-bond acceptors (Lipinski definition) is 7. The summed E-state index contributed by atoms with van der Waals surface area (Å²) in [6, 6.07) is 15.5. The first-order valence-corrected chi connectivity index (χ1v) is 12.3. The number of nitrogens with one attached hydrogen (secondary N) is 1. The Bertz CT molecular complexity index is 1160. The van der Waals surface area contributed by atoms with E-state index in [9.17, 15) is 13.6 Å². The molecule has 0 amide bonds. The summed E-state index contributed by atoms with van der Waals surface area (Å²) in [6.45, 7) is 2.46. The van der Waals surface area contributed by atoms with Crippen LogP contribution < -0.4 is 25.3 Å². The lowest BCUT2D eigenvalue weighted by Crippen LogP contribution is -2.46. The summed E-state index contributed by atoms with van der Waals surface area (Å²) < 4.78 is 49.1. The molecule has 204 valence electrons. The van der Waals surface area contributed by atoms with Gasteiger partial charge >= 0.3 is 5.97 Å². The summed E-state index contributed by atoms with van der Waals surface area (Å²) in [7, 11) is 3.02. The van der Waals surface area contributed by atoms with Crippen LogP contribution in [0, 0.1) is 11.6 Å².